The van der Waals surface area contributed by atoms with E-state index in [9.17, 15) is 10.1 Å². The summed E-state index contributed by atoms with van der Waals surface area (Å²) in [5.41, 5.74) is 0. The summed E-state index contributed by atoms with van der Waals surface area (Å²) in [5, 5.41) is 17.3. The van der Waals surface area contributed by atoms with E-state index in [0.29, 0.717) is 12.5 Å². The highest BCUT2D eigenvalue weighted by molar-refractivity contribution is 4.97. The smallest absolute Gasteiger partial charge is 0.390 e. The summed E-state index contributed by atoms with van der Waals surface area (Å²) in [6.45, 7) is 2.67. The zero-order valence-electron chi connectivity index (χ0n) is 7.59. The van der Waals surface area contributed by atoms with Crippen LogP contribution in [-0.2, 0) is 6.54 Å². The molecule has 76 valence electrons. The summed E-state index contributed by atoms with van der Waals surface area (Å²) in [6, 6.07) is 0. The molecule has 1 atom stereocenters. The van der Waals surface area contributed by atoms with E-state index in [0.717, 1.165) is 19.5 Å². The minimum atomic E-state index is -0.580. The van der Waals surface area contributed by atoms with Crippen molar-refractivity contribution in [2.45, 2.75) is 13.0 Å². The van der Waals surface area contributed by atoms with Gasteiger partial charge in [0.15, 0.2) is 0 Å². The highest BCUT2D eigenvalue weighted by atomic mass is 16.6. The predicted molar refractivity (Wildman–Crippen MR) is 47.7 cm³/mol. The molecule has 1 aromatic heterocycles. The fourth-order valence-corrected chi connectivity index (χ4v) is 1.59. The van der Waals surface area contributed by atoms with Crippen LogP contribution in [0.4, 0.5) is 5.95 Å². The molecular weight excluding hydrogens is 186 g/mol. The predicted octanol–water partition coefficient (Wildman–Crippen LogP) is -0.204. The van der Waals surface area contributed by atoms with Crippen molar-refractivity contribution < 1.29 is 4.92 Å². The summed E-state index contributed by atoms with van der Waals surface area (Å²) in [5.74, 6) is 0.187. The van der Waals surface area contributed by atoms with Crippen LogP contribution in [0.25, 0.3) is 0 Å². The van der Waals surface area contributed by atoms with E-state index in [2.05, 4.69) is 15.4 Å². The van der Waals surface area contributed by atoms with Crippen molar-refractivity contribution in [2.24, 2.45) is 5.92 Å². The Morgan fingerprint density at radius 2 is 2.64 bits per heavy atom. The third-order valence-corrected chi connectivity index (χ3v) is 2.30. The van der Waals surface area contributed by atoms with Crippen LogP contribution in [0.1, 0.15) is 6.42 Å². The molecule has 1 fully saturated rings. The van der Waals surface area contributed by atoms with E-state index in [1.54, 1.807) is 0 Å². The van der Waals surface area contributed by atoms with Gasteiger partial charge in [-0.2, -0.15) is 4.68 Å². The average molecular weight is 197 g/mol. The molecule has 7 heteroatoms. The molecule has 1 unspecified atom stereocenters. The van der Waals surface area contributed by atoms with Crippen LogP contribution in [0, 0.1) is 16.0 Å². The molecule has 0 amide bonds. The first-order valence-electron chi connectivity index (χ1n) is 4.50. The molecule has 0 radical (unpaired) electrons. The topological polar surface area (TPSA) is 85.9 Å². The van der Waals surface area contributed by atoms with Crippen LogP contribution in [0.3, 0.4) is 0 Å². The molecular formula is C7H11N5O2. The van der Waals surface area contributed by atoms with E-state index in [1.807, 2.05) is 0 Å². The van der Waals surface area contributed by atoms with Crippen molar-refractivity contribution in [3.63, 3.8) is 0 Å². The molecule has 0 bridgehead atoms. The van der Waals surface area contributed by atoms with Gasteiger partial charge >= 0.3 is 5.95 Å². The summed E-state index contributed by atoms with van der Waals surface area (Å²) in [6.07, 6.45) is 2.50. The van der Waals surface area contributed by atoms with E-state index in [-0.39, 0.29) is 5.95 Å². The number of nitro groups is 1. The third kappa shape index (κ3) is 1.87. The van der Waals surface area contributed by atoms with Gasteiger partial charge in [-0.15, -0.1) is 0 Å². The second-order valence-corrected chi connectivity index (χ2v) is 3.38. The first-order valence-corrected chi connectivity index (χ1v) is 4.50. The standard InChI is InChI=1S/C7H11N5O2/c13-12(14)7-9-5-11(10-7)4-6-1-2-8-3-6/h5-6,8H,1-4H2. The SMILES string of the molecule is O=[N+]([O-])c1ncn(CC2CCNC2)n1. The maximum absolute atomic E-state index is 10.3. The lowest BCUT2D eigenvalue weighted by molar-refractivity contribution is -0.394. The van der Waals surface area contributed by atoms with Gasteiger partial charge in [-0.05, 0) is 30.4 Å². The molecule has 2 rings (SSSR count). The minimum absolute atomic E-state index is 0.323. The second-order valence-electron chi connectivity index (χ2n) is 3.38. The molecule has 0 saturated carbocycles. The lowest BCUT2D eigenvalue weighted by Crippen LogP contribution is -2.14. The molecule has 0 spiro atoms. The summed E-state index contributed by atoms with van der Waals surface area (Å²) < 4.78 is 1.54. The van der Waals surface area contributed by atoms with Gasteiger partial charge in [0.05, 0.1) is 6.54 Å². The van der Waals surface area contributed by atoms with Crippen LogP contribution < -0.4 is 5.32 Å². The van der Waals surface area contributed by atoms with Crippen LogP contribution in [-0.4, -0.2) is 32.8 Å². The highest BCUT2D eigenvalue weighted by Gasteiger charge is 2.19. The fourth-order valence-electron chi connectivity index (χ4n) is 1.59. The number of nitrogens with one attached hydrogen (secondary N) is 1. The third-order valence-electron chi connectivity index (χ3n) is 2.30. The molecule has 2 heterocycles. The van der Waals surface area contributed by atoms with Crippen LogP contribution >= 0.6 is 0 Å². The lowest BCUT2D eigenvalue weighted by Gasteiger charge is -2.03. The molecule has 1 aromatic rings. The monoisotopic (exact) mass is 197 g/mol. The molecule has 7 nitrogen and oxygen atoms in total. The Balaban J connectivity index is 1.98. The Hall–Kier alpha value is -1.50. The van der Waals surface area contributed by atoms with Crippen molar-refractivity contribution in [3.05, 3.63) is 16.4 Å². The van der Waals surface area contributed by atoms with Crippen LogP contribution in [0.2, 0.25) is 0 Å². The number of nitrogens with zero attached hydrogens (tertiary/aromatic N) is 4. The summed E-state index contributed by atoms with van der Waals surface area (Å²) in [7, 11) is 0. The molecule has 1 aliphatic heterocycles. The number of aromatic nitrogens is 3. The van der Waals surface area contributed by atoms with Gasteiger partial charge in [0.2, 0.25) is 6.33 Å². The maximum Gasteiger partial charge on any atom is 0.490 e. The highest BCUT2D eigenvalue weighted by Crippen LogP contribution is 2.10. The van der Waals surface area contributed by atoms with E-state index in [4.69, 9.17) is 0 Å². The second kappa shape index (κ2) is 3.70. The molecule has 1 aliphatic rings. The molecule has 1 N–H and O–H groups in total. The Morgan fingerprint density at radius 3 is 3.21 bits per heavy atom. The lowest BCUT2D eigenvalue weighted by atomic mass is 10.1. The molecule has 0 aromatic carbocycles. The Kier molecular flexibility index (Phi) is 2.40. The largest absolute Gasteiger partial charge is 0.490 e. The van der Waals surface area contributed by atoms with Gasteiger partial charge in [0.25, 0.3) is 0 Å². The van der Waals surface area contributed by atoms with Gasteiger partial charge < -0.3 is 15.4 Å². The number of hydrogen-bond donors (Lipinski definition) is 1. The van der Waals surface area contributed by atoms with Crippen molar-refractivity contribution >= 4 is 5.95 Å². The fraction of sp³-hybridized carbons (Fsp3) is 0.714. The van der Waals surface area contributed by atoms with Crippen molar-refractivity contribution in [1.82, 2.24) is 20.1 Å². The molecule has 14 heavy (non-hydrogen) atoms. The first kappa shape index (κ1) is 9.07. The normalized spacial score (nSPS) is 21.3. The van der Waals surface area contributed by atoms with Crippen molar-refractivity contribution in [2.75, 3.05) is 13.1 Å². The van der Waals surface area contributed by atoms with Crippen LogP contribution in [0.5, 0.6) is 0 Å². The minimum Gasteiger partial charge on any atom is -0.390 e. The summed E-state index contributed by atoms with van der Waals surface area (Å²) >= 11 is 0. The Morgan fingerprint density at radius 1 is 1.79 bits per heavy atom. The van der Waals surface area contributed by atoms with Gasteiger partial charge in [-0.25, -0.2) is 0 Å². The molecule has 1 saturated heterocycles. The van der Waals surface area contributed by atoms with E-state index < -0.39 is 4.92 Å². The van der Waals surface area contributed by atoms with Crippen molar-refractivity contribution in [3.8, 4) is 0 Å². The first-order chi connectivity index (χ1) is 6.75. The number of rotatable bonds is 3. The van der Waals surface area contributed by atoms with Gasteiger partial charge in [-0.1, -0.05) is 4.98 Å². The Bertz CT molecular complexity index is 331. The average Bonchev–Trinajstić information content (AvgIpc) is 2.75. The van der Waals surface area contributed by atoms with Gasteiger partial charge in [0.1, 0.15) is 0 Å². The van der Waals surface area contributed by atoms with E-state index >= 15 is 0 Å². The number of hydrogen-bond acceptors (Lipinski definition) is 5. The van der Waals surface area contributed by atoms with E-state index in [1.165, 1.54) is 11.0 Å². The zero-order chi connectivity index (χ0) is 9.97. The maximum atomic E-state index is 10.3. The van der Waals surface area contributed by atoms with Gasteiger partial charge in [0, 0.05) is 5.10 Å². The quantitative estimate of drug-likeness (QED) is 0.535. The van der Waals surface area contributed by atoms with Crippen molar-refractivity contribution in [1.29, 1.82) is 0 Å². The Labute approximate surface area is 80.3 Å². The van der Waals surface area contributed by atoms with Crippen LogP contribution in [0.15, 0.2) is 6.33 Å². The zero-order valence-corrected chi connectivity index (χ0v) is 7.59. The van der Waals surface area contributed by atoms with Gasteiger partial charge in [-0.3, -0.25) is 0 Å². The molecule has 0 aliphatic carbocycles. The summed E-state index contributed by atoms with van der Waals surface area (Å²) in [4.78, 5) is 13.3.